The Morgan fingerprint density at radius 2 is 2.05 bits per heavy atom. The highest BCUT2D eigenvalue weighted by molar-refractivity contribution is 6.04. The molecule has 6 nitrogen and oxygen atoms in total. The molecule has 1 aromatic rings. The lowest BCUT2D eigenvalue weighted by molar-refractivity contribution is -0.125. The van der Waals surface area contributed by atoms with E-state index in [9.17, 15) is 9.59 Å². The second-order valence-corrected chi connectivity index (χ2v) is 5.56. The first-order valence-corrected chi connectivity index (χ1v) is 7.61. The average molecular weight is 305 g/mol. The van der Waals surface area contributed by atoms with Gasteiger partial charge >= 0.3 is 0 Å². The Bertz CT molecular complexity index is 531. The third kappa shape index (κ3) is 4.73. The van der Waals surface area contributed by atoms with E-state index in [0.717, 1.165) is 17.8 Å². The maximum atomic E-state index is 12.0. The molecule has 2 rings (SSSR count). The largest absolute Gasteiger partial charge is 0.379 e. The van der Waals surface area contributed by atoms with Crippen molar-refractivity contribution in [3.8, 4) is 0 Å². The van der Waals surface area contributed by atoms with Crippen molar-refractivity contribution < 1.29 is 14.3 Å². The maximum absolute atomic E-state index is 12.0. The van der Waals surface area contributed by atoms with Crippen LogP contribution in [0.4, 0.5) is 11.4 Å². The zero-order valence-corrected chi connectivity index (χ0v) is 13.0. The molecule has 0 fully saturated rings. The number of ether oxygens (including phenoxy) is 1. The number of para-hydroxylation sites is 2. The van der Waals surface area contributed by atoms with Gasteiger partial charge in [-0.25, -0.2) is 0 Å². The molecule has 1 aromatic carbocycles. The zero-order chi connectivity index (χ0) is 15.9. The minimum atomic E-state index is -0.540. The number of anilines is 2. The number of nitrogens with one attached hydrogen (secondary N) is 3. The van der Waals surface area contributed by atoms with Gasteiger partial charge in [0.2, 0.25) is 11.8 Å². The molecular weight excluding hydrogens is 282 g/mol. The SMILES string of the molecule is CC(C)OCCCNC(=O)C[C@H]1Nc2ccccc2NC1=O. The van der Waals surface area contributed by atoms with Crippen LogP contribution in [0, 0.1) is 0 Å². The molecule has 0 saturated heterocycles. The lowest BCUT2D eigenvalue weighted by Gasteiger charge is -2.26. The number of amides is 2. The van der Waals surface area contributed by atoms with Crippen LogP contribution in [-0.4, -0.2) is 37.1 Å². The first kappa shape index (κ1) is 16.3. The van der Waals surface area contributed by atoms with Gasteiger partial charge in [-0.1, -0.05) is 12.1 Å². The minimum absolute atomic E-state index is 0.116. The van der Waals surface area contributed by atoms with Gasteiger partial charge in [-0.2, -0.15) is 0 Å². The van der Waals surface area contributed by atoms with E-state index in [1.54, 1.807) is 0 Å². The number of rotatable bonds is 7. The quantitative estimate of drug-likeness (QED) is 0.670. The van der Waals surface area contributed by atoms with E-state index in [2.05, 4.69) is 16.0 Å². The van der Waals surface area contributed by atoms with Crippen LogP contribution in [-0.2, 0) is 14.3 Å². The van der Waals surface area contributed by atoms with Gasteiger partial charge in [-0.3, -0.25) is 9.59 Å². The Morgan fingerprint density at radius 1 is 1.32 bits per heavy atom. The molecule has 0 spiro atoms. The van der Waals surface area contributed by atoms with Crippen LogP contribution in [0.1, 0.15) is 26.7 Å². The Kier molecular flexibility index (Phi) is 5.77. The maximum Gasteiger partial charge on any atom is 0.247 e. The lowest BCUT2D eigenvalue weighted by atomic mass is 10.1. The van der Waals surface area contributed by atoms with E-state index in [4.69, 9.17) is 4.74 Å². The smallest absolute Gasteiger partial charge is 0.247 e. The summed E-state index contributed by atoms with van der Waals surface area (Å²) in [5.41, 5.74) is 1.58. The average Bonchev–Trinajstić information content (AvgIpc) is 2.47. The number of benzene rings is 1. The minimum Gasteiger partial charge on any atom is -0.379 e. The summed E-state index contributed by atoms with van der Waals surface area (Å²) in [5, 5.41) is 8.71. The summed E-state index contributed by atoms with van der Waals surface area (Å²) in [6, 6.07) is 6.90. The Labute approximate surface area is 130 Å². The summed E-state index contributed by atoms with van der Waals surface area (Å²) >= 11 is 0. The molecule has 0 aliphatic carbocycles. The van der Waals surface area contributed by atoms with Crippen molar-refractivity contribution in [3.05, 3.63) is 24.3 Å². The van der Waals surface area contributed by atoms with E-state index in [0.29, 0.717) is 13.2 Å². The van der Waals surface area contributed by atoms with Crippen molar-refractivity contribution in [1.29, 1.82) is 0 Å². The molecule has 120 valence electrons. The predicted molar refractivity (Wildman–Crippen MR) is 85.8 cm³/mol. The van der Waals surface area contributed by atoms with Crippen molar-refractivity contribution >= 4 is 23.2 Å². The fourth-order valence-corrected chi connectivity index (χ4v) is 2.21. The summed E-state index contributed by atoms with van der Waals surface area (Å²) in [5.74, 6) is -0.325. The first-order valence-electron chi connectivity index (χ1n) is 7.61. The van der Waals surface area contributed by atoms with Gasteiger partial charge in [0, 0.05) is 13.2 Å². The van der Waals surface area contributed by atoms with Crippen LogP contribution in [0.2, 0.25) is 0 Å². The fourth-order valence-electron chi connectivity index (χ4n) is 2.21. The van der Waals surface area contributed by atoms with Gasteiger partial charge in [-0.15, -0.1) is 0 Å². The number of carbonyl (C=O) groups excluding carboxylic acids is 2. The summed E-state index contributed by atoms with van der Waals surface area (Å²) in [6.07, 6.45) is 1.08. The fraction of sp³-hybridized carbons (Fsp3) is 0.500. The van der Waals surface area contributed by atoms with Gasteiger partial charge in [0.1, 0.15) is 6.04 Å². The highest BCUT2D eigenvalue weighted by Crippen LogP contribution is 2.26. The summed E-state index contributed by atoms with van der Waals surface area (Å²) in [7, 11) is 0. The molecule has 0 unspecified atom stereocenters. The third-order valence-electron chi connectivity index (χ3n) is 3.32. The molecule has 1 atom stereocenters. The monoisotopic (exact) mass is 305 g/mol. The van der Waals surface area contributed by atoms with E-state index in [-0.39, 0.29) is 24.3 Å². The second-order valence-electron chi connectivity index (χ2n) is 5.56. The second kappa shape index (κ2) is 7.79. The Morgan fingerprint density at radius 3 is 2.77 bits per heavy atom. The summed E-state index contributed by atoms with van der Waals surface area (Å²) in [6.45, 7) is 5.12. The van der Waals surface area contributed by atoms with E-state index < -0.39 is 6.04 Å². The molecule has 0 saturated carbocycles. The van der Waals surface area contributed by atoms with Gasteiger partial charge < -0.3 is 20.7 Å². The van der Waals surface area contributed by atoms with Gasteiger partial charge in [-0.05, 0) is 32.4 Å². The normalized spacial score (nSPS) is 16.7. The topological polar surface area (TPSA) is 79.5 Å². The van der Waals surface area contributed by atoms with Gasteiger partial charge in [0.15, 0.2) is 0 Å². The lowest BCUT2D eigenvalue weighted by Crippen LogP contribution is -2.42. The summed E-state index contributed by atoms with van der Waals surface area (Å²) < 4.78 is 5.40. The molecule has 1 aliphatic heterocycles. The zero-order valence-electron chi connectivity index (χ0n) is 13.0. The van der Waals surface area contributed by atoms with Crippen molar-refractivity contribution in [1.82, 2.24) is 5.32 Å². The van der Waals surface area contributed by atoms with Crippen LogP contribution < -0.4 is 16.0 Å². The van der Waals surface area contributed by atoms with Gasteiger partial charge in [0.25, 0.3) is 0 Å². The highest BCUT2D eigenvalue weighted by atomic mass is 16.5. The Balaban J connectivity index is 1.74. The van der Waals surface area contributed by atoms with Crippen LogP contribution in [0.25, 0.3) is 0 Å². The molecular formula is C16H23N3O3. The van der Waals surface area contributed by atoms with Gasteiger partial charge in [0.05, 0.1) is 23.9 Å². The van der Waals surface area contributed by atoms with E-state index in [1.165, 1.54) is 0 Å². The van der Waals surface area contributed by atoms with E-state index in [1.807, 2.05) is 38.1 Å². The summed E-state index contributed by atoms with van der Waals surface area (Å²) in [4.78, 5) is 23.9. The Hall–Kier alpha value is -2.08. The number of fused-ring (bicyclic) bond motifs is 1. The van der Waals surface area contributed by atoms with E-state index >= 15 is 0 Å². The number of carbonyl (C=O) groups is 2. The molecule has 6 heteroatoms. The van der Waals surface area contributed by atoms with Crippen molar-refractivity contribution in [2.24, 2.45) is 0 Å². The molecule has 1 heterocycles. The van der Waals surface area contributed by atoms with Crippen molar-refractivity contribution in [2.45, 2.75) is 38.8 Å². The van der Waals surface area contributed by atoms with Crippen molar-refractivity contribution in [2.75, 3.05) is 23.8 Å². The molecule has 22 heavy (non-hydrogen) atoms. The number of hydrogen-bond acceptors (Lipinski definition) is 4. The molecule has 0 radical (unpaired) electrons. The predicted octanol–water partition coefficient (Wildman–Crippen LogP) is 1.74. The third-order valence-corrected chi connectivity index (χ3v) is 3.32. The first-order chi connectivity index (χ1) is 10.6. The molecule has 0 aromatic heterocycles. The standard InChI is InChI=1S/C16H23N3O3/c1-11(2)22-9-5-8-17-15(20)10-14-16(21)19-13-7-4-3-6-12(13)18-14/h3-4,6-7,11,14,18H,5,8-10H2,1-2H3,(H,17,20)(H,19,21)/t14-/m1/s1. The van der Waals surface area contributed by atoms with Crippen LogP contribution in [0.5, 0.6) is 0 Å². The number of hydrogen-bond donors (Lipinski definition) is 3. The molecule has 1 aliphatic rings. The molecule has 3 N–H and O–H groups in total. The van der Waals surface area contributed by atoms with Crippen molar-refractivity contribution in [3.63, 3.8) is 0 Å². The van der Waals surface area contributed by atoms with Crippen LogP contribution in [0.15, 0.2) is 24.3 Å². The van der Waals surface area contributed by atoms with Crippen LogP contribution >= 0.6 is 0 Å². The molecule has 0 bridgehead atoms. The molecule has 2 amide bonds. The highest BCUT2D eigenvalue weighted by Gasteiger charge is 2.26. The van der Waals surface area contributed by atoms with Crippen LogP contribution in [0.3, 0.4) is 0 Å².